The number of benzene rings is 1. The first kappa shape index (κ1) is 13.6. The Morgan fingerprint density at radius 3 is 2.55 bits per heavy atom. The maximum Gasteiger partial charge on any atom is 0.239 e. The zero-order chi connectivity index (χ0) is 13.9. The molecule has 3 rings (SSSR count). The molecule has 3 heteroatoms. The van der Waals surface area contributed by atoms with E-state index in [1.54, 1.807) is 0 Å². The third-order valence-corrected chi connectivity index (χ3v) is 4.81. The van der Waals surface area contributed by atoms with Gasteiger partial charge in [0.2, 0.25) is 5.91 Å². The van der Waals surface area contributed by atoms with E-state index in [9.17, 15) is 4.79 Å². The molecular weight excluding hydrogens is 248 g/mol. The second-order valence-corrected chi connectivity index (χ2v) is 6.10. The van der Waals surface area contributed by atoms with Crippen LogP contribution >= 0.6 is 0 Å². The molecule has 0 radical (unpaired) electrons. The molecule has 2 heterocycles. The van der Waals surface area contributed by atoms with Crippen LogP contribution in [0.5, 0.6) is 0 Å². The predicted octanol–water partition coefficient (Wildman–Crippen LogP) is 2.49. The highest BCUT2D eigenvalue weighted by molar-refractivity contribution is 5.81. The minimum atomic E-state index is 0.0433. The summed E-state index contributed by atoms with van der Waals surface area (Å²) in [5.74, 6) is 0.918. The van der Waals surface area contributed by atoms with E-state index in [1.165, 1.54) is 24.8 Å². The maximum atomic E-state index is 12.5. The van der Waals surface area contributed by atoms with Crippen LogP contribution in [0, 0.1) is 0 Å². The summed E-state index contributed by atoms with van der Waals surface area (Å²) < 4.78 is 0. The van der Waals surface area contributed by atoms with Crippen LogP contribution < -0.4 is 0 Å². The van der Waals surface area contributed by atoms with Gasteiger partial charge in [0.15, 0.2) is 0 Å². The van der Waals surface area contributed by atoms with E-state index < -0.39 is 0 Å². The fourth-order valence-corrected chi connectivity index (χ4v) is 3.49. The first-order valence-corrected chi connectivity index (χ1v) is 7.83. The highest BCUT2D eigenvalue weighted by atomic mass is 16.2. The summed E-state index contributed by atoms with van der Waals surface area (Å²) in [4.78, 5) is 16.9. The van der Waals surface area contributed by atoms with Crippen molar-refractivity contribution in [3.8, 4) is 0 Å². The van der Waals surface area contributed by atoms with E-state index in [-0.39, 0.29) is 6.04 Å². The molecule has 0 spiro atoms. The number of rotatable bonds is 3. The Morgan fingerprint density at radius 2 is 1.85 bits per heavy atom. The van der Waals surface area contributed by atoms with Crippen molar-refractivity contribution in [2.24, 2.45) is 0 Å². The van der Waals surface area contributed by atoms with Gasteiger partial charge in [0.05, 0.1) is 6.04 Å². The second kappa shape index (κ2) is 5.96. The number of hydrogen-bond acceptors (Lipinski definition) is 2. The Morgan fingerprint density at radius 1 is 1.15 bits per heavy atom. The summed E-state index contributed by atoms with van der Waals surface area (Å²) in [7, 11) is 0. The molecule has 0 aliphatic carbocycles. The van der Waals surface area contributed by atoms with Crippen LogP contribution in [0.2, 0.25) is 0 Å². The van der Waals surface area contributed by atoms with Crippen molar-refractivity contribution in [2.45, 2.75) is 38.1 Å². The van der Waals surface area contributed by atoms with Gasteiger partial charge >= 0.3 is 0 Å². The molecule has 0 bridgehead atoms. The van der Waals surface area contributed by atoms with Crippen LogP contribution in [0.1, 0.15) is 37.7 Å². The van der Waals surface area contributed by atoms with Gasteiger partial charge in [-0.3, -0.25) is 9.69 Å². The van der Waals surface area contributed by atoms with Crippen LogP contribution in [0.3, 0.4) is 0 Å². The Hall–Kier alpha value is -1.35. The van der Waals surface area contributed by atoms with Crippen LogP contribution in [-0.2, 0) is 4.79 Å². The van der Waals surface area contributed by atoms with Crippen LogP contribution in [-0.4, -0.2) is 47.9 Å². The molecule has 3 nitrogen and oxygen atoms in total. The Balaban J connectivity index is 1.60. The normalized spacial score (nSPS) is 25.1. The number of hydrogen-bond donors (Lipinski definition) is 0. The number of carbonyl (C=O) groups is 1. The number of likely N-dealkylation sites (tertiary alicyclic amines) is 2. The number of carbonyl (C=O) groups excluding carboxylic acids is 1. The van der Waals surface area contributed by atoms with Crippen LogP contribution in [0.4, 0.5) is 0 Å². The van der Waals surface area contributed by atoms with Crippen molar-refractivity contribution in [3.05, 3.63) is 35.9 Å². The average Bonchev–Trinajstić information content (AvgIpc) is 3.18. The van der Waals surface area contributed by atoms with Crippen molar-refractivity contribution in [3.63, 3.8) is 0 Å². The molecule has 2 aliphatic heterocycles. The Bertz CT molecular complexity index is 453. The molecule has 20 heavy (non-hydrogen) atoms. The van der Waals surface area contributed by atoms with E-state index in [0.717, 1.165) is 26.2 Å². The molecule has 1 aromatic carbocycles. The van der Waals surface area contributed by atoms with Gasteiger partial charge in [-0.2, -0.15) is 0 Å². The largest absolute Gasteiger partial charge is 0.341 e. The van der Waals surface area contributed by atoms with Crippen LogP contribution in [0.15, 0.2) is 30.3 Å². The smallest absolute Gasteiger partial charge is 0.239 e. The van der Waals surface area contributed by atoms with Gasteiger partial charge in [-0.05, 0) is 44.2 Å². The lowest BCUT2D eigenvalue weighted by atomic mass is 9.99. The molecule has 0 unspecified atom stereocenters. The maximum absolute atomic E-state index is 12.5. The number of amides is 1. The van der Waals surface area contributed by atoms with Crippen molar-refractivity contribution in [1.29, 1.82) is 0 Å². The van der Waals surface area contributed by atoms with Gasteiger partial charge in [0.25, 0.3) is 0 Å². The highest BCUT2D eigenvalue weighted by Crippen LogP contribution is 2.28. The molecule has 1 amide bonds. The van der Waals surface area contributed by atoms with Gasteiger partial charge in [0.1, 0.15) is 0 Å². The third-order valence-electron chi connectivity index (χ3n) is 4.81. The van der Waals surface area contributed by atoms with Gasteiger partial charge in [-0.25, -0.2) is 0 Å². The van der Waals surface area contributed by atoms with Gasteiger partial charge in [-0.15, -0.1) is 0 Å². The van der Waals surface area contributed by atoms with Crippen LogP contribution in [0.25, 0.3) is 0 Å². The lowest BCUT2D eigenvalue weighted by Gasteiger charge is -2.27. The van der Waals surface area contributed by atoms with Crippen molar-refractivity contribution >= 4 is 5.91 Å². The Kier molecular flexibility index (Phi) is 4.06. The minimum absolute atomic E-state index is 0.0433. The third kappa shape index (κ3) is 2.73. The minimum Gasteiger partial charge on any atom is -0.341 e. The van der Waals surface area contributed by atoms with Gasteiger partial charge < -0.3 is 4.90 Å². The fourth-order valence-electron chi connectivity index (χ4n) is 3.49. The van der Waals surface area contributed by atoms with E-state index >= 15 is 0 Å². The summed E-state index contributed by atoms with van der Waals surface area (Å²) in [5, 5.41) is 0. The summed E-state index contributed by atoms with van der Waals surface area (Å²) in [6.45, 7) is 6.05. The summed E-state index contributed by atoms with van der Waals surface area (Å²) in [6.07, 6.45) is 3.51. The standard InChI is InChI=1S/C17H24N2O/c1-14(17(20)18-10-5-6-11-18)19-12-9-16(13-19)15-7-3-2-4-8-15/h2-4,7-8,14,16H,5-6,9-13H2,1H3/t14-,16+/m1/s1. The zero-order valence-corrected chi connectivity index (χ0v) is 12.3. The van der Waals surface area contributed by atoms with E-state index in [1.807, 2.05) is 4.90 Å². The highest BCUT2D eigenvalue weighted by Gasteiger charge is 2.32. The molecule has 2 fully saturated rings. The van der Waals surface area contributed by atoms with E-state index in [2.05, 4.69) is 42.2 Å². The van der Waals surface area contributed by atoms with E-state index in [0.29, 0.717) is 11.8 Å². The molecule has 2 atom stereocenters. The lowest BCUT2D eigenvalue weighted by molar-refractivity contribution is -0.134. The quantitative estimate of drug-likeness (QED) is 0.844. The first-order valence-electron chi connectivity index (χ1n) is 7.83. The molecule has 0 saturated carbocycles. The van der Waals surface area contributed by atoms with Crippen molar-refractivity contribution in [1.82, 2.24) is 9.80 Å². The molecule has 108 valence electrons. The topological polar surface area (TPSA) is 23.6 Å². The SMILES string of the molecule is C[C@H](C(=O)N1CCCC1)N1CC[C@H](c2ccccc2)C1. The summed E-state index contributed by atoms with van der Waals surface area (Å²) in [6, 6.07) is 10.7. The average molecular weight is 272 g/mol. The lowest BCUT2D eigenvalue weighted by Crippen LogP contribution is -2.45. The summed E-state index contributed by atoms with van der Waals surface area (Å²) >= 11 is 0. The van der Waals surface area contributed by atoms with Gasteiger partial charge in [-0.1, -0.05) is 30.3 Å². The summed E-state index contributed by atoms with van der Waals surface area (Å²) in [5.41, 5.74) is 1.41. The zero-order valence-electron chi connectivity index (χ0n) is 12.3. The molecule has 2 saturated heterocycles. The van der Waals surface area contributed by atoms with Crippen molar-refractivity contribution < 1.29 is 4.79 Å². The van der Waals surface area contributed by atoms with Gasteiger partial charge in [0, 0.05) is 19.6 Å². The fraction of sp³-hybridized carbons (Fsp3) is 0.588. The van der Waals surface area contributed by atoms with Crippen molar-refractivity contribution in [2.75, 3.05) is 26.2 Å². The molecule has 2 aliphatic rings. The second-order valence-electron chi connectivity index (χ2n) is 6.10. The van der Waals surface area contributed by atoms with E-state index in [4.69, 9.17) is 0 Å². The number of nitrogens with zero attached hydrogens (tertiary/aromatic N) is 2. The Labute approximate surface area is 121 Å². The molecule has 0 aromatic heterocycles. The first-order chi connectivity index (χ1) is 9.75. The molecular formula is C17H24N2O. The molecule has 1 aromatic rings. The predicted molar refractivity (Wildman–Crippen MR) is 80.6 cm³/mol. The molecule has 0 N–H and O–H groups in total. The monoisotopic (exact) mass is 272 g/mol.